The molecule has 0 aliphatic carbocycles. The fourth-order valence-electron chi connectivity index (χ4n) is 2.80. The summed E-state index contributed by atoms with van der Waals surface area (Å²) in [7, 11) is -2.88. The van der Waals surface area contributed by atoms with Crippen LogP contribution in [0, 0.1) is 27.2 Å². The largest absolute Gasteiger partial charge is 0.493 e. The Balaban J connectivity index is 1.92. The van der Waals surface area contributed by atoms with E-state index in [4.69, 9.17) is 8.92 Å². The van der Waals surface area contributed by atoms with Gasteiger partial charge in [-0.15, -0.1) is 0 Å². The fourth-order valence-corrected chi connectivity index (χ4v) is 3.76. The predicted octanol–water partition coefficient (Wildman–Crippen LogP) is 4.03. The fraction of sp³-hybridized carbons (Fsp3) is 0.0952. The number of hydrogen-bond donors (Lipinski definition) is 1. The Labute approximate surface area is 193 Å². The van der Waals surface area contributed by atoms with Crippen LogP contribution in [0.25, 0.3) is 0 Å². The first-order chi connectivity index (χ1) is 16.1. The van der Waals surface area contributed by atoms with Crippen molar-refractivity contribution in [1.82, 2.24) is 0 Å². The third-order valence-electron chi connectivity index (χ3n) is 4.51. The molecule has 0 spiro atoms. The van der Waals surface area contributed by atoms with Crippen LogP contribution >= 0.6 is 0 Å². The van der Waals surface area contributed by atoms with Gasteiger partial charge in [-0.25, -0.2) is 0 Å². The second kappa shape index (κ2) is 9.95. The molecule has 34 heavy (non-hydrogen) atoms. The lowest BCUT2D eigenvalue weighted by Gasteiger charge is -2.13. The number of nitro benzene ring substituents is 2. The molecule has 1 N–H and O–H groups in total. The maximum absolute atomic E-state index is 12.8. The minimum Gasteiger partial charge on any atom is -0.493 e. The minimum absolute atomic E-state index is 0.0634. The van der Waals surface area contributed by atoms with Crippen molar-refractivity contribution in [2.45, 2.75) is 11.8 Å². The third kappa shape index (κ3) is 5.45. The number of rotatable bonds is 9. The Morgan fingerprint density at radius 3 is 2.32 bits per heavy atom. The average molecular weight is 486 g/mol. The molecule has 0 amide bonds. The topological polar surface area (TPSA) is 163 Å². The summed E-state index contributed by atoms with van der Waals surface area (Å²) in [5, 5.41) is 26.0. The van der Waals surface area contributed by atoms with E-state index >= 15 is 0 Å². The molecule has 3 rings (SSSR count). The van der Waals surface area contributed by atoms with Gasteiger partial charge in [-0.05, 0) is 37.3 Å². The first-order valence-corrected chi connectivity index (χ1v) is 10.9. The lowest BCUT2D eigenvalue weighted by Crippen LogP contribution is -2.12. The van der Waals surface area contributed by atoms with Gasteiger partial charge in [-0.3, -0.25) is 25.7 Å². The summed E-state index contributed by atoms with van der Waals surface area (Å²) in [6.07, 6.45) is 1.17. The highest BCUT2D eigenvalue weighted by molar-refractivity contribution is 7.87. The van der Waals surface area contributed by atoms with Gasteiger partial charge in [0.2, 0.25) is 0 Å². The first-order valence-electron chi connectivity index (χ1n) is 9.52. The molecule has 3 aromatic rings. The number of anilines is 1. The van der Waals surface area contributed by atoms with Crippen LogP contribution in [0.15, 0.2) is 70.7 Å². The number of aryl methyl sites for hydroxylation is 1. The van der Waals surface area contributed by atoms with Gasteiger partial charge in [0, 0.05) is 11.6 Å². The summed E-state index contributed by atoms with van der Waals surface area (Å²) < 4.78 is 36.1. The number of nitrogens with one attached hydrogen (secondary N) is 1. The first kappa shape index (κ1) is 24.1. The zero-order valence-corrected chi connectivity index (χ0v) is 18.7. The maximum atomic E-state index is 12.8. The number of benzene rings is 3. The molecule has 0 aliphatic heterocycles. The van der Waals surface area contributed by atoms with Crippen LogP contribution < -0.4 is 14.3 Å². The standard InChI is InChI=1S/C21H18N4O8S/c1-14-6-9-17(10-7-14)34(30,31)33-21-15(4-3-5-20(21)32-2)13-22-23-18-11-8-16(24(26)27)12-19(18)25(28)29/h3-13,23H,1-2H3/b22-13-. The summed E-state index contributed by atoms with van der Waals surface area (Å²) in [5.41, 5.74) is 2.37. The van der Waals surface area contributed by atoms with Crippen LogP contribution in [-0.2, 0) is 10.1 Å². The molecule has 12 nitrogen and oxygen atoms in total. The van der Waals surface area contributed by atoms with E-state index in [9.17, 15) is 28.6 Å². The van der Waals surface area contributed by atoms with E-state index in [2.05, 4.69) is 10.5 Å². The molecule has 0 aliphatic rings. The van der Waals surface area contributed by atoms with Crippen molar-refractivity contribution in [3.05, 3.63) is 92.0 Å². The number of non-ortho nitro benzene ring substituents is 1. The van der Waals surface area contributed by atoms with E-state index in [-0.39, 0.29) is 27.6 Å². The molecule has 3 aromatic carbocycles. The average Bonchev–Trinajstić information content (AvgIpc) is 2.80. The van der Waals surface area contributed by atoms with Gasteiger partial charge in [-0.2, -0.15) is 13.5 Å². The summed E-state index contributed by atoms with van der Waals surface area (Å²) in [5.74, 6) is -0.0322. The molecule has 0 unspecified atom stereocenters. The second-order valence-electron chi connectivity index (χ2n) is 6.81. The molecular weight excluding hydrogens is 468 g/mol. The third-order valence-corrected chi connectivity index (χ3v) is 5.75. The van der Waals surface area contributed by atoms with Gasteiger partial charge < -0.3 is 8.92 Å². The van der Waals surface area contributed by atoms with Crippen molar-refractivity contribution < 1.29 is 27.2 Å². The van der Waals surface area contributed by atoms with Gasteiger partial charge >= 0.3 is 15.8 Å². The Morgan fingerprint density at radius 2 is 1.71 bits per heavy atom. The van der Waals surface area contributed by atoms with Crippen molar-refractivity contribution in [3.8, 4) is 11.5 Å². The molecule has 0 atom stereocenters. The van der Waals surface area contributed by atoms with E-state index in [1.807, 2.05) is 6.92 Å². The Morgan fingerprint density at radius 1 is 1.00 bits per heavy atom. The highest BCUT2D eigenvalue weighted by Gasteiger charge is 2.22. The number of ether oxygens (including phenoxy) is 1. The van der Waals surface area contributed by atoms with Gasteiger partial charge in [0.1, 0.15) is 10.6 Å². The van der Waals surface area contributed by atoms with Crippen LogP contribution in [0.1, 0.15) is 11.1 Å². The van der Waals surface area contributed by atoms with Crippen molar-refractivity contribution in [2.75, 3.05) is 12.5 Å². The zero-order valence-electron chi connectivity index (χ0n) is 17.9. The molecule has 0 bridgehead atoms. The molecule has 0 saturated carbocycles. The Hall–Kier alpha value is -4.52. The quantitative estimate of drug-likeness (QED) is 0.203. The summed E-state index contributed by atoms with van der Waals surface area (Å²) in [6.45, 7) is 1.81. The van der Waals surface area contributed by atoms with Gasteiger partial charge in [-0.1, -0.05) is 23.8 Å². The van der Waals surface area contributed by atoms with Crippen LogP contribution in [0.2, 0.25) is 0 Å². The van der Waals surface area contributed by atoms with E-state index in [0.29, 0.717) is 0 Å². The van der Waals surface area contributed by atoms with Gasteiger partial charge in [0.25, 0.3) is 5.69 Å². The van der Waals surface area contributed by atoms with Gasteiger partial charge in [0.05, 0.1) is 29.2 Å². The number of nitrogens with zero attached hydrogens (tertiary/aromatic N) is 3. The normalized spacial score (nSPS) is 11.2. The highest BCUT2D eigenvalue weighted by atomic mass is 32.2. The van der Waals surface area contributed by atoms with Crippen LogP contribution in [0.5, 0.6) is 11.5 Å². The molecule has 0 saturated heterocycles. The number of nitro groups is 2. The van der Waals surface area contributed by atoms with E-state index in [1.165, 1.54) is 37.6 Å². The monoisotopic (exact) mass is 486 g/mol. The van der Waals surface area contributed by atoms with Gasteiger partial charge in [0.15, 0.2) is 11.5 Å². The SMILES string of the molecule is COc1cccc(/C=N\Nc2ccc([N+](=O)[O-])cc2[N+](=O)[O-])c1OS(=O)(=O)c1ccc(C)cc1. The maximum Gasteiger partial charge on any atom is 0.339 e. The summed E-state index contributed by atoms with van der Waals surface area (Å²) in [6, 6.07) is 13.6. The molecule has 0 aromatic heterocycles. The molecule has 176 valence electrons. The van der Waals surface area contributed by atoms with Crippen LogP contribution in [0.3, 0.4) is 0 Å². The van der Waals surface area contributed by atoms with Crippen molar-refractivity contribution in [2.24, 2.45) is 5.10 Å². The summed E-state index contributed by atoms with van der Waals surface area (Å²) >= 11 is 0. The number of hydrogen-bond acceptors (Lipinski definition) is 10. The molecule has 13 heteroatoms. The molecule has 0 heterocycles. The summed E-state index contributed by atoms with van der Waals surface area (Å²) in [4.78, 5) is 20.5. The molecule has 0 radical (unpaired) electrons. The number of methoxy groups -OCH3 is 1. The lowest BCUT2D eigenvalue weighted by atomic mass is 10.2. The van der Waals surface area contributed by atoms with Crippen molar-refractivity contribution in [3.63, 3.8) is 0 Å². The zero-order chi connectivity index (χ0) is 24.9. The lowest BCUT2D eigenvalue weighted by molar-refractivity contribution is -0.393. The minimum atomic E-state index is -4.21. The van der Waals surface area contributed by atoms with Crippen LogP contribution in [-0.4, -0.2) is 31.6 Å². The molecule has 0 fully saturated rings. The second-order valence-corrected chi connectivity index (χ2v) is 8.36. The van der Waals surface area contributed by atoms with E-state index in [0.717, 1.165) is 23.8 Å². The van der Waals surface area contributed by atoms with Crippen LogP contribution in [0.4, 0.5) is 17.1 Å². The predicted molar refractivity (Wildman–Crippen MR) is 123 cm³/mol. The smallest absolute Gasteiger partial charge is 0.339 e. The van der Waals surface area contributed by atoms with E-state index < -0.39 is 31.3 Å². The number of hydrazone groups is 1. The van der Waals surface area contributed by atoms with Crippen molar-refractivity contribution >= 4 is 33.4 Å². The Bertz CT molecular complexity index is 1370. The number of para-hydroxylation sites is 1. The van der Waals surface area contributed by atoms with E-state index in [1.54, 1.807) is 18.2 Å². The Kier molecular flexibility index (Phi) is 7.06. The molecular formula is C21H18N4O8S. The van der Waals surface area contributed by atoms with Crippen molar-refractivity contribution in [1.29, 1.82) is 0 Å². The highest BCUT2D eigenvalue weighted by Crippen LogP contribution is 2.33.